The number of ether oxygens (including phenoxy) is 2. The maximum Gasteiger partial charge on any atom is 0.188 e. The lowest BCUT2D eigenvalue weighted by atomic mass is 10.1. The van der Waals surface area contributed by atoms with Crippen LogP contribution in [0.3, 0.4) is 0 Å². The van der Waals surface area contributed by atoms with E-state index in [1.807, 2.05) is 36.5 Å². The lowest BCUT2D eigenvalue weighted by Crippen LogP contribution is -2.16. The molecule has 0 radical (unpaired) electrons. The predicted octanol–water partition coefficient (Wildman–Crippen LogP) is 4.97. The molecule has 0 saturated carbocycles. The van der Waals surface area contributed by atoms with Gasteiger partial charge in [-0.2, -0.15) is 0 Å². The van der Waals surface area contributed by atoms with Gasteiger partial charge in [0.05, 0.1) is 5.69 Å². The molecule has 0 aliphatic rings. The maximum atomic E-state index is 5.90. The third kappa shape index (κ3) is 5.07. The highest BCUT2D eigenvalue weighted by Gasteiger charge is 2.13. The van der Waals surface area contributed by atoms with Gasteiger partial charge in [-0.25, -0.2) is 0 Å². The van der Waals surface area contributed by atoms with E-state index in [2.05, 4.69) is 56.1 Å². The first kappa shape index (κ1) is 20.3. The van der Waals surface area contributed by atoms with E-state index in [-0.39, 0.29) is 6.79 Å². The van der Waals surface area contributed by atoms with E-state index in [1.165, 1.54) is 21.7 Å². The molecule has 1 unspecified atom stereocenters. The molecular weight excluding hydrogens is 365 g/mol. The van der Waals surface area contributed by atoms with Gasteiger partial charge in [0.15, 0.2) is 6.79 Å². The van der Waals surface area contributed by atoms with E-state index in [0.29, 0.717) is 8.58 Å². The summed E-state index contributed by atoms with van der Waals surface area (Å²) in [7, 11) is 2.12. The minimum atomic E-state index is 0.247. The van der Waals surface area contributed by atoms with E-state index >= 15 is 0 Å². The van der Waals surface area contributed by atoms with Crippen molar-refractivity contribution in [2.24, 2.45) is 4.99 Å². The lowest BCUT2D eigenvalue weighted by Gasteiger charge is -2.17. The number of hydrogen-bond acceptors (Lipinski definition) is 3. The first-order valence-corrected chi connectivity index (χ1v) is 10.3. The average molecular weight is 391 g/mol. The normalized spacial score (nSPS) is 11.6. The topological polar surface area (TPSA) is 30.8 Å². The molecule has 3 rings (SSSR count). The molecule has 4 heteroatoms. The number of para-hydroxylation sites is 1. The van der Waals surface area contributed by atoms with Crippen LogP contribution in [0.5, 0.6) is 5.75 Å². The molecule has 0 aliphatic heterocycles. The van der Waals surface area contributed by atoms with E-state index < -0.39 is 0 Å². The second kappa shape index (κ2) is 9.64. The summed E-state index contributed by atoms with van der Waals surface area (Å²) in [4.78, 5) is 4.66. The van der Waals surface area contributed by atoms with Crippen LogP contribution in [0.15, 0.2) is 65.7 Å². The molecule has 0 N–H and O–H groups in total. The Bertz CT molecular complexity index is 968. The summed E-state index contributed by atoms with van der Waals surface area (Å²) in [5.41, 5.74) is 5.71. The number of aryl methyl sites for hydroxylation is 3. The minimum Gasteiger partial charge on any atom is -0.467 e. The van der Waals surface area contributed by atoms with Crippen molar-refractivity contribution >= 4 is 31.1 Å². The Morgan fingerprint density at radius 3 is 2.46 bits per heavy atom. The Hall–Kier alpha value is -2.48. The summed E-state index contributed by atoms with van der Waals surface area (Å²) in [5, 5.41) is 2.48. The van der Waals surface area contributed by atoms with Crippen molar-refractivity contribution in [1.29, 1.82) is 0 Å². The zero-order chi connectivity index (χ0) is 19.9. The molecule has 28 heavy (non-hydrogen) atoms. The summed E-state index contributed by atoms with van der Waals surface area (Å²) >= 11 is 0. The van der Waals surface area contributed by atoms with E-state index in [1.54, 1.807) is 7.11 Å². The Kier molecular flexibility index (Phi) is 6.97. The molecular formula is C24H26NO2P. The summed E-state index contributed by atoms with van der Waals surface area (Å²) in [5.74, 6) is 0.917. The van der Waals surface area contributed by atoms with Crippen molar-refractivity contribution in [2.45, 2.75) is 20.8 Å². The van der Waals surface area contributed by atoms with Gasteiger partial charge in [-0.05, 0) is 61.0 Å². The van der Waals surface area contributed by atoms with Gasteiger partial charge in [0.2, 0.25) is 0 Å². The van der Waals surface area contributed by atoms with Crippen LogP contribution in [0.2, 0.25) is 0 Å². The van der Waals surface area contributed by atoms with Crippen molar-refractivity contribution in [1.82, 2.24) is 0 Å². The molecule has 0 spiro atoms. The Balaban J connectivity index is 1.98. The number of aliphatic imine (C=N–C) groups is 1. The summed E-state index contributed by atoms with van der Waals surface area (Å²) in [6, 6.07) is 20.7. The third-order valence-electron chi connectivity index (χ3n) is 4.41. The first-order chi connectivity index (χ1) is 13.6. The van der Waals surface area contributed by atoms with Gasteiger partial charge >= 0.3 is 0 Å². The number of methoxy groups -OCH3 is 1. The van der Waals surface area contributed by atoms with Crippen LogP contribution in [-0.4, -0.2) is 20.1 Å². The molecule has 0 aliphatic carbocycles. The molecule has 3 aromatic rings. The average Bonchev–Trinajstić information content (AvgIpc) is 2.68. The highest BCUT2D eigenvalue weighted by Crippen LogP contribution is 2.27. The summed E-state index contributed by atoms with van der Waals surface area (Å²) in [6.07, 6.45) is 1.96. The van der Waals surface area contributed by atoms with Crippen LogP contribution in [-0.2, 0) is 4.74 Å². The monoisotopic (exact) mass is 391 g/mol. The maximum absolute atomic E-state index is 5.90. The number of rotatable bonds is 7. The SMILES string of the molecule is COCOc1c(C)cc(C)cc1Pc1c(C)cccc1C=Nc1ccccc1. The molecule has 0 fully saturated rings. The molecule has 3 aromatic carbocycles. The van der Waals surface area contributed by atoms with Crippen molar-refractivity contribution in [3.8, 4) is 5.75 Å². The zero-order valence-electron chi connectivity index (χ0n) is 16.8. The molecule has 0 bridgehead atoms. The Morgan fingerprint density at radius 1 is 0.929 bits per heavy atom. The van der Waals surface area contributed by atoms with Gasteiger partial charge in [-0.15, -0.1) is 0 Å². The largest absolute Gasteiger partial charge is 0.467 e. The van der Waals surface area contributed by atoms with Gasteiger partial charge in [-0.3, -0.25) is 4.99 Å². The second-order valence-electron chi connectivity index (χ2n) is 6.77. The van der Waals surface area contributed by atoms with Gasteiger partial charge < -0.3 is 9.47 Å². The van der Waals surface area contributed by atoms with Crippen molar-refractivity contribution in [3.63, 3.8) is 0 Å². The Labute approximate surface area is 169 Å². The van der Waals surface area contributed by atoms with Crippen molar-refractivity contribution in [2.75, 3.05) is 13.9 Å². The highest BCUT2D eigenvalue weighted by molar-refractivity contribution is 7.56. The molecule has 3 nitrogen and oxygen atoms in total. The van der Waals surface area contributed by atoms with Gasteiger partial charge in [-0.1, -0.05) is 51.0 Å². The van der Waals surface area contributed by atoms with E-state index in [4.69, 9.17) is 9.47 Å². The van der Waals surface area contributed by atoms with E-state index in [9.17, 15) is 0 Å². The van der Waals surface area contributed by atoms with Crippen LogP contribution >= 0.6 is 8.58 Å². The zero-order valence-corrected chi connectivity index (χ0v) is 17.8. The second-order valence-corrected chi connectivity index (χ2v) is 8.06. The molecule has 0 aromatic heterocycles. The third-order valence-corrected chi connectivity index (χ3v) is 5.99. The lowest BCUT2D eigenvalue weighted by molar-refractivity contribution is 0.0514. The van der Waals surface area contributed by atoms with Crippen LogP contribution < -0.4 is 15.3 Å². The number of benzene rings is 3. The quantitative estimate of drug-likeness (QED) is 0.323. The minimum absolute atomic E-state index is 0.247. The number of nitrogens with zero attached hydrogens (tertiary/aromatic N) is 1. The molecule has 0 amide bonds. The molecule has 0 saturated heterocycles. The fourth-order valence-electron chi connectivity index (χ4n) is 3.12. The standard InChI is InChI=1S/C24H26NO2P/c1-17-13-19(3)23(27-16-26-4)22(14-17)28-24-18(2)9-8-10-20(24)15-25-21-11-6-5-7-12-21/h5-15,28H,16H2,1-4H3. The van der Waals surface area contributed by atoms with E-state index in [0.717, 1.165) is 22.6 Å². The molecule has 144 valence electrons. The van der Waals surface area contributed by atoms with Crippen LogP contribution in [0.1, 0.15) is 22.3 Å². The van der Waals surface area contributed by atoms with Gasteiger partial charge in [0.25, 0.3) is 0 Å². The van der Waals surface area contributed by atoms with Crippen LogP contribution in [0.25, 0.3) is 0 Å². The molecule has 0 heterocycles. The highest BCUT2D eigenvalue weighted by atomic mass is 31.1. The summed E-state index contributed by atoms with van der Waals surface area (Å²) in [6.45, 7) is 6.61. The van der Waals surface area contributed by atoms with Gasteiger partial charge in [0, 0.05) is 24.2 Å². The fourth-order valence-corrected chi connectivity index (χ4v) is 4.64. The van der Waals surface area contributed by atoms with Crippen LogP contribution in [0, 0.1) is 20.8 Å². The van der Waals surface area contributed by atoms with Crippen molar-refractivity contribution < 1.29 is 9.47 Å². The number of hydrogen-bond donors (Lipinski definition) is 0. The van der Waals surface area contributed by atoms with Crippen molar-refractivity contribution in [3.05, 3.63) is 82.9 Å². The van der Waals surface area contributed by atoms with Crippen LogP contribution in [0.4, 0.5) is 5.69 Å². The van der Waals surface area contributed by atoms with Gasteiger partial charge in [0.1, 0.15) is 5.75 Å². The predicted molar refractivity (Wildman–Crippen MR) is 121 cm³/mol. The Morgan fingerprint density at radius 2 is 1.71 bits per heavy atom. The fraction of sp³-hybridized carbons (Fsp3) is 0.208. The smallest absolute Gasteiger partial charge is 0.188 e. The first-order valence-electron chi connectivity index (χ1n) is 9.27. The molecule has 1 atom stereocenters. The summed E-state index contributed by atoms with van der Waals surface area (Å²) < 4.78 is 11.0.